The maximum atomic E-state index is 13.7. The van der Waals surface area contributed by atoms with E-state index in [-0.39, 0.29) is 12.4 Å². The van der Waals surface area contributed by atoms with Gasteiger partial charge in [-0.05, 0) is 35.4 Å². The van der Waals surface area contributed by atoms with E-state index in [1.54, 1.807) is 30.6 Å². The van der Waals surface area contributed by atoms with Crippen LogP contribution in [0.15, 0.2) is 85.2 Å². The van der Waals surface area contributed by atoms with E-state index in [2.05, 4.69) is 15.6 Å². The fourth-order valence-electron chi connectivity index (χ4n) is 4.76. The van der Waals surface area contributed by atoms with Gasteiger partial charge in [-0.25, -0.2) is 9.18 Å². The lowest BCUT2D eigenvalue weighted by Gasteiger charge is -2.27. The zero-order valence-corrected chi connectivity index (χ0v) is 18.3. The molecule has 0 aliphatic carbocycles. The number of benzene rings is 3. The summed E-state index contributed by atoms with van der Waals surface area (Å²) in [7, 11) is 0. The van der Waals surface area contributed by atoms with Crippen molar-refractivity contribution < 1.29 is 19.1 Å². The third-order valence-electron chi connectivity index (χ3n) is 6.49. The molecule has 3 amide bonds. The number of para-hydroxylation sites is 1. The zero-order valence-electron chi connectivity index (χ0n) is 18.3. The Hall–Kier alpha value is -4.72. The number of hydrogen-bond donors (Lipinski definition) is 3. The van der Waals surface area contributed by atoms with E-state index in [1.165, 1.54) is 16.7 Å². The summed E-state index contributed by atoms with van der Waals surface area (Å²) < 4.78 is 15.2. The molecule has 1 fully saturated rings. The minimum atomic E-state index is -1.46. The molecular formula is C27H19FN4O3. The summed E-state index contributed by atoms with van der Waals surface area (Å²) in [4.78, 5) is 29.8. The predicted octanol–water partition coefficient (Wildman–Crippen LogP) is 4.44. The highest BCUT2D eigenvalue weighted by Gasteiger charge is 2.48. The fourth-order valence-corrected chi connectivity index (χ4v) is 4.76. The lowest BCUT2D eigenvalue weighted by molar-refractivity contribution is -0.124. The zero-order chi connectivity index (χ0) is 24.2. The van der Waals surface area contributed by atoms with Gasteiger partial charge in [0, 0.05) is 34.1 Å². The third-order valence-corrected chi connectivity index (χ3v) is 6.49. The summed E-state index contributed by atoms with van der Waals surface area (Å²) in [6.45, 7) is -0.0815. The first-order valence-electron chi connectivity index (χ1n) is 11.0. The minimum absolute atomic E-state index is 0.0815. The molecule has 0 saturated carbocycles. The number of hydrogen-bond acceptors (Lipinski definition) is 4. The molecule has 0 spiro atoms. The van der Waals surface area contributed by atoms with Crippen LogP contribution in [0.2, 0.25) is 0 Å². The van der Waals surface area contributed by atoms with Crippen LogP contribution >= 0.6 is 0 Å². The fraction of sp³-hybridized carbons (Fsp3) is 0.0741. The smallest absolute Gasteiger partial charge is 0.322 e. The van der Waals surface area contributed by atoms with Gasteiger partial charge in [-0.1, -0.05) is 48.5 Å². The number of imide groups is 1. The number of halogens is 1. The van der Waals surface area contributed by atoms with Gasteiger partial charge in [0.05, 0.1) is 12.1 Å². The van der Waals surface area contributed by atoms with Crippen LogP contribution in [0, 0.1) is 5.82 Å². The van der Waals surface area contributed by atoms with Gasteiger partial charge >= 0.3 is 6.03 Å². The molecule has 3 N–H and O–H groups in total. The van der Waals surface area contributed by atoms with Crippen molar-refractivity contribution >= 4 is 33.6 Å². The summed E-state index contributed by atoms with van der Waals surface area (Å²) in [5.41, 5.74) is 1.79. The molecule has 7 nitrogen and oxygen atoms in total. The molecule has 2 aromatic heterocycles. The van der Waals surface area contributed by atoms with Crippen LogP contribution in [0.3, 0.4) is 0 Å². The molecule has 8 heteroatoms. The average molecular weight is 466 g/mol. The highest BCUT2D eigenvalue weighted by atomic mass is 19.1. The van der Waals surface area contributed by atoms with Crippen molar-refractivity contribution in [2.45, 2.75) is 12.1 Å². The van der Waals surface area contributed by atoms with Gasteiger partial charge < -0.3 is 15.0 Å². The summed E-state index contributed by atoms with van der Waals surface area (Å²) in [5.74, 6) is -1.21. The molecule has 5 aromatic rings. The first-order valence-corrected chi connectivity index (χ1v) is 11.0. The van der Waals surface area contributed by atoms with E-state index in [0.29, 0.717) is 16.3 Å². The lowest BCUT2D eigenvalue weighted by atomic mass is 9.88. The van der Waals surface area contributed by atoms with Crippen LogP contribution in [0.5, 0.6) is 5.88 Å². The van der Waals surface area contributed by atoms with Gasteiger partial charge in [0.1, 0.15) is 5.82 Å². The van der Waals surface area contributed by atoms with Gasteiger partial charge in [0.25, 0.3) is 5.91 Å². The first kappa shape index (κ1) is 20.9. The van der Waals surface area contributed by atoms with E-state index >= 15 is 0 Å². The number of aromatic nitrogens is 2. The number of nitrogens with zero attached hydrogens (tertiary/aromatic N) is 2. The number of fused-ring (bicyclic) bond motifs is 2. The van der Waals surface area contributed by atoms with Crippen molar-refractivity contribution in [2.24, 2.45) is 0 Å². The van der Waals surface area contributed by atoms with E-state index < -0.39 is 23.3 Å². The van der Waals surface area contributed by atoms with E-state index in [0.717, 1.165) is 22.0 Å². The quantitative estimate of drug-likeness (QED) is 0.341. The number of rotatable bonds is 4. The molecule has 0 bridgehead atoms. The maximum Gasteiger partial charge on any atom is 0.322 e. The molecule has 1 aliphatic heterocycles. The van der Waals surface area contributed by atoms with Gasteiger partial charge in [-0.2, -0.15) is 0 Å². The standard InChI is InChI=1S/C27H19FN4O3/c28-20-11-8-18-14-32(24(33)22(18)13-20)15-27(25(34)30-26(35)31-27)19-9-6-16(7-10-19)21-5-1-3-17-4-2-12-29-23(17)21/h1-14,33H,15H2,(H2,30,31,34,35)/t27-/m0/s1. The predicted molar refractivity (Wildman–Crippen MR) is 129 cm³/mol. The number of urea groups is 1. The SMILES string of the molecule is O=C1NC(=O)[C@](Cn2cc3ccc(F)cc3c2O)(c2ccc(-c3cccc4cccnc34)cc2)N1. The Morgan fingerprint density at radius 3 is 2.54 bits per heavy atom. The number of aromatic hydroxyl groups is 1. The van der Waals surface area contributed by atoms with Crippen LogP contribution in [0.25, 0.3) is 32.8 Å². The van der Waals surface area contributed by atoms with E-state index in [9.17, 15) is 19.1 Å². The molecular weight excluding hydrogens is 447 g/mol. The molecule has 3 heterocycles. The Morgan fingerprint density at radius 1 is 0.971 bits per heavy atom. The van der Waals surface area contributed by atoms with Gasteiger partial charge in [0.15, 0.2) is 11.4 Å². The van der Waals surface area contributed by atoms with Crippen LogP contribution in [0.1, 0.15) is 5.56 Å². The van der Waals surface area contributed by atoms with E-state index in [4.69, 9.17) is 0 Å². The van der Waals surface area contributed by atoms with Crippen molar-refractivity contribution in [3.05, 3.63) is 96.6 Å². The first-order chi connectivity index (χ1) is 16.9. The van der Waals surface area contributed by atoms with Crippen molar-refractivity contribution in [3.8, 4) is 17.0 Å². The Bertz CT molecular complexity index is 1640. The second-order valence-electron chi connectivity index (χ2n) is 8.58. The second-order valence-corrected chi connectivity index (χ2v) is 8.58. The van der Waals surface area contributed by atoms with Gasteiger partial charge in [0.2, 0.25) is 0 Å². The molecule has 0 radical (unpaired) electrons. The van der Waals surface area contributed by atoms with E-state index in [1.807, 2.05) is 42.5 Å². The largest absolute Gasteiger partial charge is 0.494 e. The minimum Gasteiger partial charge on any atom is -0.494 e. The summed E-state index contributed by atoms with van der Waals surface area (Å²) >= 11 is 0. The Kier molecular flexibility index (Phi) is 4.57. The number of nitrogens with one attached hydrogen (secondary N) is 2. The Labute approximate surface area is 198 Å². The Balaban J connectivity index is 1.43. The van der Waals surface area contributed by atoms with Crippen molar-refractivity contribution in [1.82, 2.24) is 20.2 Å². The maximum absolute atomic E-state index is 13.7. The van der Waals surface area contributed by atoms with Crippen LogP contribution in [-0.4, -0.2) is 26.6 Å². The number of pyridine rings is 1. The van der Waals surface area contributed by atoms with Crippen molar-refractivity contribution in [3.63, 3.8) is 0 Å². The van der Waals surface area contributed by atoms with Crippen LogP contribution in [0.4, 0.5) is 9.18 Å². The topological polar surface area (TPSA) is 96.2 Å². The normalized spacial score (nSPS) is 17.6. The van der Waals surface area contributed by atoms with Gasteiger partial charge in [-0.3, -0.25) is 15.1 Å². The highest BCUT2D eigenvalue weighted by Crippen LogP contribution is 2.35. The van der Waals surface area contributed by atoms with Crippen LogP contribution in [-0.2, 0) is 16.9 Å². The molecule has 0 unspecified atom stereocenters. The molecule has 6 rings (SSSR count). The molecule has 1 atom stereocenters. The monoisotopic (exact) mass is 466 g/mol. The number of carbonyl (C=O) groups is 2. The van der Waals surface area contributed by atoms with Crippen LogP contribution < -0.4 is 10.6 Å². The van der Waals surface area contributed by atoms with Crippen molar-refractivity contribution in [1.29, 1.82) is 0 Å². The summed E-state index contributed by atoms with van der Waals surface area (Å²) in [6, 6.07) is 20.6. The van der Waals surface area contributed by atoms with Gasteiger partial charge in [-0.15, -0.1) is 0 Å². The molecule has 172 valence electrons. The molecule has 1 saturated heterocycles. The average Bonchev–Trinajstić information content (AvgIpc) is 3.33. The highest BCUT2D eigenvalue weighted by molar-refractivity contribution is 6.07. The third kappa shape index (κ3) is 3.30. The number of carbonyl (C=O) groups excluding carboxylic acids is 2. The lowest BCUT2D eigenvalue weighted by Crippen LogP contribution is -2.47. The molecule has 1 aliphatic rings. The Morgan fingerprint density at radius 2 is 1.77 bits per heavy atom. The molecule has 35 heavy (non-hydrogen) atoms. The summed E-state index contributed by atoms with van der Waals surface area (Å²) in [5, 5.41) is 17.7. The second kappa shape index (κ2) is 7.66. The van der Waals surface area contributed by atoms with Crippen molar-refractivity contribution in [2.75, 3.05) is 0 Å². The summed E-state index contributed by atoms with van der Waals surface area (Å²) in [6.07, 6.45) is 3.37. The molecule has 3 aromatic carbocycles. The number of amides is 3.